The fraction of sp³-hybridized carbons (Fsp3) is 0.429. The van der Waals surface area contributed by atoms with Gasteiger partial charge in [0.05, 0.1) is 6.42 Å². The number of fused-ring (bicyclic) bond motifs is 3. The van der Waals surface area contributed by atoms with E-state index in [1.807, 2.05) is 31.2 Å². The average molecular weight is 253 g/mol. The molecular formula is C14H14F3N. The zero-order valence-corrected chi connectivity index (χ0v) is 10.1. The molecule has 0 spiro atoms. The highest BCUT2D eigenvalue weighted by atomic mass is 19.4. The molecule has 0 radical (unpaired) electrons. The van der Waals surface area contributed by atoms with Crippen molar-refractivity contribution in [3.63, 3.8) is 0 Å². The monoisotopic (exact) mass is 253 g/mol. The van der Waals surface area contributed by atoms with Gasteiger partial charge in [-0.05, 0) is 25.0 Å². The molecule has 96 valence electrons. The van der Waals surface area contributed by atoms with Crippen LogP contribution in [0.15, 0.2) is 24.3 Å². The molecule has 2 aromatic rings. The number of hydrogen-bond acceptors (Lipinski definition) is 0. The first-order valence-corrected chi connectivity index (χ1v) is 6.12. The Bertz CT molecular complexity index is 595. The van der Waals surface area contributed by atoms with Gasteiger partial charge in [-0.2, -0.15) is 13.2 Å². The molecule has 2 heterocycles. The molecule has 0 aliphatic carbocycles. The van der Waals surface area contributed by atoms with Gasteiger partial charge in [0.1, 0.15) is 0 Å². The fourth-order valence-corrected chi connectivity index (χ4v) is 3.16. The third kappa shape index (κ3) is 1.71. The smallest absolute Gasteiger partial charge is 0.344 e. The van der Waals surface area contributed by atoms with E-state index in [1.165, 1.54) is 0 Å². The van der Waals surface area contributed by atoms with Crippen molar-refractivity contribution in [1.29, 1.82) is 0 Å². The normalized spacial score (nSPS) is 19.4. The number of benzene rings is 1. The van der Waals surface area contributed by atoms with Gasteiger partial charge in [0.15, 0.2) is 0 Å². The molecule has 0 bridgehead atoms. The number of halogens is 3. The van der Waals surface area contributed by atoms with E-state index < -0.39 is 12.6 Å². The minimum Gasteiger partial charge on any atom is -0.344 e. The lowest BCUT2D eigenvalue weighted by Gasteiger charge is -2.13. The maximum absolute atomic E-state index is 12.6. The Morgan fingerprint density at radius 1 is 1.28 bits per heavy atom. The molecule has 0 saturated carbocycles. The molecule has 1 nitrogen and oxygen atoms in total. The van der Waals surface area contributed by atoms with Crippen molar-refractivity contribution >= 4 is 10.9 Å². The summed E-state index contributed by atoms with van der Waals surface area (Å²) in [6, 6.07) is 7.85. The van der Waals surface area contributed by atoms with E-state index in [1.54, 1.807) is 0 Å². The first kappa shape index (κ1) is 11.6. The standard InChI is InChI=1S/C14H14F3N/c1-9-11-4-2-3-5-12(11)18-7-6-10(13(9)18)8-14(15,16)17/h2-5,10H,6-8H2,1H3. The highest BCUT2D eigenvalue weighted by molar-refractivity contribution is 5.85. The maximum Gasteiger partial charge on any atom is 0.389 e. The molecule has 1 unspecified atom stereocenters. The first-order chi connectivity index (χ1) is 8.47. The lowest BCUT2D eigenvalue weighted by molar-refractivity contribution is -0.138. The number of rotatable bonds is 1. The molecule has 0 N–H and O–H groups in total. The lowest BCUT2D eigenvalue weighted by atomic mass is 9.96. The summed E-state index contributed by atoms with van der Waals surface area (Å²) in [5.74, 6) is -0.377. The van der Waals surface area contributed by atoms with Crippen LogP contribution < -0.4 is 0 Å². The van der Waals surface area contributed by atoms with Crippen LogP contribution in [0, 0.1) is 6.92 Å². The minimum absolute atomic E-state index is 0.377. The van der Waals surface area contributed by atoms with Crippen LogP contribution in [0.4, 0.5) is 13.2 Å². The molecule has 1 aromatic carbocycles. The van der Waals surface area contributed by atoms with Crippen LogP contribution in [0.2, 0.25) is 0 Å². The molecule has 1 aliphatic rings. The van der Waals surface area contributed by atoms with Crippen LogP contribution in [0.25, 0.3) is 10.9 Å². The summed E-state index contributed by atoms with van der Waals surface area (Å²) in [4.78, 5) is 0. The second-order valence-electron chi connectivity index (χ2n) is 4.98. The van der Waals surface area contributed by atoms with Gasteiger partial charge < -0.3 is 4.57 Å². The van der Waals surface area contributed by atoms with E-state index in [-0.39, 0.29) is 5.92 Å². The van der Waals surface area contributed by atoms with Crippen molar-refractivity contribution in [3.05, 3.63) is 35.5 Å². The Morgan fingerprint density at radius 3 is 2.72 bits per heavy atom. The van der Waals surface area contributed by atoms with Crippen LogP contribution >= 0.6 is 0 Å². The Morgan fingerprint density at radius 2 is 2.00 bits per heavy atom. The summed E-state index contributed by atoms with van der Waals surface area (Å²) < 4.78 is 39.8. The first-order valence-electron chi connectivity index (χ1n) is 6.12. The van der Waals surface area contributed by atoms with Gasteiger partial charge in [-0.3, -0.25) is 0 Å². The molecule has 1 aliphatic heterocycles. The zero-order chi connectivity index (χ0) is 12.9. The van der Waals surface area contributed by atoms with E-state index in [9.17, 15) is 13.2 Å². The summed E-state index contributed by atoms with van der Waals surface area (Å²) in [5.41, 5.74) is 2.96. The van der Waals surface area contributed by atoms with Crippen LogP contribution in [-0.2, 0) is 6.54 Å². The number of aromatic nitrogens is 1. The molecule has 1 atom stereocenters. The molecule has 0 saturated heterocycles. The summed E-state index contributed by atoms with van der Waals surface area (Å²) in [5, 5.41) is 1.08. The van der Waals surface area contributed by atoms with Crippen molar-refractivity contribution in [1.82, 2.24) is 4.57 Å². The highest BCUT2D eigenvalue weighted by Crippen LogP contribution is 2.42. The highest BCUT2D eigenvalue weighted by Gasteiger charge is 2.37. The van der Waals surface area contributed by atoms with Gasteiger partial charge in [0.2, 0.25) is 0 Å². The molecule has 0 fully saturated rings. The second-order valence-corrected chi connectivity index (χ2v) is 4.98. The molecule has 0 amide bonds. The van der Waals surface area contributed by atoms with Crippen molar-refractivity contribution in [3.8, 4) is 0 Å². The Kier molecular flexibility index (Phi) is 2.44. The van der Waals surface area contributed by atoms with Gasteiger partial charge in [-0.1, -0.05) is 18.2 Å². The Hall–Kier alpha value is -1.45. The summed E-state index contributed by atoms with van der Waals surface area (Å²) in [6.07, 6.45) is -4.19. The van der Waals surface area contributed by atoms with Gasteiger partial charge >= 0.3 is 6.18 Å². The van der Waals surface area contributed by atoms with Gasteiger partial charge in [-0.25, -0.2) is 0 Å². The fourth-order valence-electron chi connectivity index (χ4n) is 3.16. The third-order valence-corrected chi connectivity index (χ3v) is 3.84. The summed E-state index contributed by atoms with van der Waals surface area (Å²) in [7, 11) is 0. The Balaban J connectivity index is 2.11. The number of alkyl halides is 3. The van der Waals surface area contributed by atoms with Crippen LogP contribution in [0.3, 0.4) is 0 Å². The van der Waals surface area contributed by atoms with Gasteiger partial charge in [-0.15, -0.1) is 0 Å². The lowest BCUT2D eigenvalue weighted by Crippen LogP contribution is -2.12. The van der Waals surface area contributed by atoms with Crippen molar-refractivity contribution < 1.29 is 13.2 Å². The number of aryl methyl sites for hydroxylation is 2. The van der Waals surface area contributed by atoms with E-state index in [0.717, 1.165) is 22.2 Å². The molecule has 18 heavy (non-hydrogen) atoms. The minimum atomic E-state index is -4.08. The Labute approximate surface area is 103 Å². The quantitative estimate of drug-likeness (QED) is 0.710. The van der Waals surface area contributed by atoms with Crippen molar-refractivity contribution in [2.75, 3.05) is 0 Å². The van der Waals surface area contributed by atoms with E-state index in [4.69, 9.17) is 0 Å². The SMILES string of the molecule is Cc1c2n(c3ccccc13)CCC2CC(F)(F)F. The van der Waals surface area contributed by atoms with Crippen LogP contribution in [-0.4, -0.2) is 10.7 Å². The van der Waals surface area contributed by atoms with Crippen molar-refractivity contribution in [2.45, 2.75) is 38.4 Å². The molecule has 1 aromatic heterocycles. The average Bonchev–Trinajstić information content (AvgIpc) is 2.80. The largest absolute Gasteiger partial charge is 0.389 e. The second kappa shape index (κ2) is 3.77. The predicted octanol–water partition coefficient (Wildman–Crippen LogP) is 4.39. The summed E-state index contributed by atoms with van der Waals surface area (Å²) in [6.45, 7) is 2.63. The zero-order valence-electron chi connectivity index (χ0n) is 10.1. The topological polar surface area (TPSA) is 4.93 Å². The number of hydrogen-bond donors (Lipinski definition) is 0. The van der Waals surface area contributed by atoms with Gasteiger partial charge in [0.25, 0.3) is 0 Å². The summed E-state index contributed by atoms with van der Waals surface area (Å²) >= 11 is 0. The number of nitrogens with zero attached hydrogens (tertiary/aromatic N) is 1. The third-order valence-electron chi connectivity index (χ3n) is 3.84. The molecule has 4 heteroatoms. The molecular weight excluding hydrogens is 239 g/mol. The van der Waals surface area contributed by atoms with Gasteiger partial charge in [0, 0.05) is 29.1 Å². The molecule has 3 rings (SSSR count). The maximum atomic E-state index is 12.6. The van der Waals surface area contributed by atoms with Crippen molar-refractivity contribution in [2.24, 2.45) is 0 Å². The van der Waals surface area contributed by atoms with E-state index in [0.29, 0.717) is 13.0 Å². The van der Waals surface area contributed by atoms with E-state index >= 15 is 0 Å². The van der Waals surface area contributed by atoms with E-state index in [2.05, 4.69) is 4.57 Å². The van der Waals surface area contributed by atoms with Crippen LogP contribution in [0.5, 0.6) is 0 Å². The van der Waals surface area contributed by atoms with Crippen LogP contribution in [0.1, 0.15) is 30.0 Å². The predicted molar refractivity (Wildman–Crippen MR) is 64.7 cm³/mol. The number of para-hydroxylation sites is 1.